The summed E-state index contributed by atoms with van der Waals surface area (Å²) in [6, 6.07) is 11.2. The van der Waals surface area contributed by atoms with Gasteiger partial charge in [-0.15, -0.1) is 0 Å². The number of methoxy groups -OCH3 is 1. The molecule has 0 spiro atoms. The zero-order valence-corrected chi connectivity index (χ0v) is 23.5. The number of hydrogen-bond donors (Lipinski definition) is 3. The number of H-pyrrole nitrogens is 1. The number of likely N-dealkylation sites (N-methyl/N-ethyl adjacent to an activating group) is 1. The normalized spacial score (nSPS) is 17.2. The fourth-order valence-corrected chi connectivity index (χ4v) is 6.07. The lowest BCUT2D eigenvalue weighted by Gasteiger charge is -2.43. The van der Waals surface area contributed by atoms with E-state index >= 15 is 0 Å². The topological polar surface area (TPSA) is 142 Å². The summed E-state index contributed by atoms with van der Waals surface area (Å²) in [5, 5.41) is 3.32. The van der Waals surface area contributed by atoms with Crippen molar-refractivity contribution in [3.8, 4) is 5.75 Å². The highest BCUT2D eigenvalue weighted by molar-refractivity contribution is 6.05. The average Bonchev–Trinajstić information content (AvgIpc) is 3.65. The molecule has 2 aliphatic rings. The SMILES string of the molecule is CC[C@@H]1C(=O)N(C)c2cnc(Nc3ccc(Cc4nc5c(C(N)=O)cccc5[nH]4)cc3OC)nc2N1C1CCCC1. The van der Waals surface area contributed by atoms with Gasteiger partial charge in [0.25, 0.3) is 5.91 Å². The number of aromatic nitrogens is 4. The summed E-state index contributed by atoms with van der Waals surface area (Å²) in [6.45, 7) is 2.05. The summed E-state index contributed by atoms with van der Waals surface area (Å²) >= 11 is 0. The molecule has 4 N–H and O–H groups in total. The molecule has 1 saturated carbocycles. The number of carbonyl (C=O) groups excluding carboxylic acids is 2. The number of nitrogens with two attached hydrogens (primary N) is 1. The largest absolute Gasteiger partial charge is 0.495 e. The van der Waals surface area contributed by atoms with Gasteiger partial charge in [-0.05, 0) is 49.1 Å². The van der Waals surface area contributed by atoms with E-state index in [4.69, 9.17) is 15.5 Å². The van der Waals surface area contributed by atoms with Crippen LogP contribution in [0.1, 0.15) is 60.8 Å². The number of imidazole rings is 1. The minimum absolute atomic E-state index is 0.0868. The fourth-order valence-electron chi connectivity index (χ4n) is 6.07. The number of hydrogen-bond acceptors (Lipinski definition) is 8. The summed E-state index contributed by atoms with van der Waals surface area (Å²) in [7, 11) is 3.41. The molecule has 1 atom stereocenters. The van der Waals surface area contributed by atoms with Gasteiger partial charge in [0.2, 0.25) is 11.9 Å². The van der Waals surface area contributed by atoms with Crippen LogP contribution in [0.25, 0.3) is 11.0 Å². The smallest absolute Gasteiger partial charge is 0.250 e. The van der Waals surface area contributed by atoms with Crippen molar-refractivity contribution in [1.82, 2.24) is 19.9 Å². The van der Waals surface area contributed by atoms with E-state index in [0.29, 0.717) is 41.1 Å². The van der Waals surface area contributed by atoms with Gasteiger partial charge < -0.3 is 30.6 Å². The first-order valence-corrected chi connectivity index (χ1v) is 14.0. The number of benzene rings is 2. The van der Waals surface area contributed by atoms with E-state index in [0.717, 1.165) is 60.4 Å². The Bertz CT molecular complexity index is 1630. The number of amides is 2. The van der Waals surface area contributed by atoms with E-state index < -0.39 is 5.91 Å². The number of ether oxygens (including phenoxy) is 1. The number of fused-ring (bicyclic) bond motifs is 2. The number of carbonyl (C=O) groups is 2. The molecule has 3 heterocycles. The van der Waals surface area contributed by atoms with E-state index in [1.54, 1.807) is 37.4 Å². The Morgan fingerprint density at radius 1 is 1.20 bits per heavy atom. The minimum atomic E-state index is -0.509. The lowest BCUT2D eigenvalue weighted by atomic mass is 10.0. The Morgan fingerprint density at radius 3 is 2.73 bits per heavy atom. The van der Waals surface area contributed by atoms with Crippen molar-refractivity contribution in [1.29, 1.82) is 0 Å². The van der Waals surface area contributed by atoms with Crippen LogP contribution in [0.2, 0.25) is 0 Å². The van der Waals surface area contributed by atoms with Gasteiger partial charge in [0.05, 0.1) is 30.1 Å². The third kappa shape index (κ3) is 4.81. The number of anilines is 4. The Labute approximate surface area is 238 Å². The summed E-state index contributed by atoms with van der Waals surface area (Å²) in [5.74, 6) is 2.15. The summed E-state index contributed by atoms with van der Waals surface area (Å²) < 4.78 is 5.71. The lowest BCUT2D eigenvalue weighted by Crippen LogP contribution is -2.55. The predicted octanol–water partition coefficient (Wildman–Crippen LogP) is 4.30. The number of aromatic amines is 1. The van der Waals surface area contributed by atoms with Crippen LogP contribution in [0, 0.1) is 0 Å². The average molecular weight is 555 g/mol. The second-order valence-corrected chi connectivity index (χ2v) is 10.7. The Morgan fingerprint density at radius 2 is 2.00 bits per heavy atom. The van der Waals surface area contributed by atoms with E-state index in [-0.39, 0.29) is 11.9 Å². The molecule has 2 aromatic carbocycles. The molecule has 2 amide bonds. The second kappa shape index (κ2) is 10.7. The maximum atomic E-state index is 13.2. The van der Waals surface area contributed by atoms with Crippen LogP contribution in [-0.2, 0) is 11.2 Å². The third-order valence-electron chi connectivity index (χ3n) is 8.12. The quantitative estimate of drug-likeness (QED) is 0.293. The van der Waals surface area contributed by atoms with Gasteiger partial charge in [-0.2, -0.15) is 4.98 Å². The molecule has 4 aromatic rings. The molecule has 1 fully saturated rings. The minimum Gasteiger partial charge on any atom is -0.495 e. The number of rotatable bonds is 8. The van der Waals surface area contributed by atoms with Gasteiger partial charge in [-0.3, -0.25) is 9.59 Å². The molecule has 2 aromatic heterocycles. The van der Waals surface area contributed by atoms with Crippen molar-refractivity contribution in [2.24, 2.45) is 5.73 Å². The van der Waals surface area contributed by atoms with Crippen molar-refractivity contribution in [3.63, 3.8) is 0 Å². The molecule has 212 valence electrons. The zero-order chi connectivity index (χ0) is 28.7. The van der Waals surface area contributed by atoms with Crippen LogP contribution in [0.15, 0.2) is 42.6 Å². The van der Waals surface area contributed by atoms with Crippen LogP contribution in [0.5, 0.6) is 5.75 Å². The fraction of sp³-hybridized carbons (Fsp3) is 0.367. The summed E-state index contributed by atoms with van der Waals surface area (Å²) in [6.07, 6.45) is 7.39. The standard InChI is InChI=1S/C30H34N8O3/c1-4-22-29(40)37(2)23-16-32-30(36-28(23)38(22)18-8-5-6-9-18)34-20-13-12-17(14-24(20)41-3)15-25-33-21-11-7-10-19(27(31)39)26(21)35-25/h7,10-14,16,18,22H,4-6,8-9,15H2,1-3H3,(H2,31,39)(H,33,35)(H,32,34,36)/t22-/m1/s1. The van der Waals surface area contributed by atoms with E-state index in [2.05, 4.69) is 32.1 Å². The molecule has 0 saturated heterocycles. The van der Waals surface area contributed by atoms with Crippen LogP contribution in [-0.4, -0.2) is 58.0 Å². The van der Waals surface area contributed by atoms with Crippen molar-refractivity contribution >= 4 is 46.0 Å². The van der Waals surface area contributed by atoms with Gasteiger partial charge in [-0.25, -0.2) is 9.97 Å². The molecular formula is C30H34N8O3. The summed E-state index contributed by atoms with van der Waals surface area (Å²) in [5.41, 5.74) is 9.64. The number of nitrogens with one attached hydrogen (secondary N) is 2. The van der Waals surface area contributed by atoms with Crippen LogP contribution in [0.4, 0.5) is 23.1 Å². The van der Waals surface area contributed by atoms with Gasteiger partial charge in [0.15, 0.2) is 5.82 Å². The molecular weight excluding hydrogens is 520 g/mol. The van der Waals surface area contributed by atoms with Crippen LogP contribution < -0.4 is 25.6 Å². The maximum Gasteiger partial charge on any atom is 0.250 e. The van der Waals surface area contributed by atoms with E-state index in [9.17, 15) is 9.59 Å². The number of nitrogens with zero attached hydrogens (tertiary/aromatic N) is 5. The molecule has 6 rings (SSSR count). The van der Waals surface area contributed by atoms with Crippen molar-refractivity contribution in [3.05, 3.63) is 59.5 Å². The maximum absolute atomic E-state index is 13.2. The molecule has 0 unspecified atom stereocenters. The zero-order valence-electron chi connectivity index (χ0n) is 23.5. The highest BCUT2D eigenvalue weighted by Gasteiger charge is 2.41. The molecule has 41 heavy (non-hydrogen) atoms. The van der Waals surface area contributed by atoms with E-state index in [1.807, 2.05) is 24.3 Å². The van der Waals surface area contributed by atoms with Crippen LogP contribution in [0.3, 0.4) is 0 Å². The molecule has 0 bridgehead atoms. The second-order valence-electron chi connectivity index (χ2n) is 10.7. The first kappa shape index (κ1) is 26.5. The highest BCUT2D eigenvalue weighted by Crippen LogP contribution is 2.40. The Hall–Kier alpha value is -4.67. The van der Waals surface area contributed by atoms with E-state index in [1.165, 1.54) is 0 Å². The molecule has 1 aliphatic heterocycles. The van der Waals surface area contributed by atoms with Gasteiger partial charge >= 0.3 is 0 Å². The van der Waals surface area contributed by atoms with Crippen LogP contribution >= 0.6 is 0 Å². The molecule has 11 heteroatoms. The number of primary amides is 1. The molecule has 0 radical (unpaired) electrons. The Balaban J connectivity index is 1.28. The molecule has 1 aliphatic carbocycles. The summed E-state index contributed by atoms with van der Waals surface area (Å²) in [4.78, 5) is 46.2. The Kier molecular flexibility index (Phi) is 6.94. The van der Waals surface area contributed by atoms with Crippen molar-refractivity contribution < 1.29 is 14.3 Å². The van der Waals surface area contributed by atoms with Gasteiger partial charge in [-0.1, -0.05) is 31.9 Å². The number of para-hydroxylation sites is 1. The lowest BCUT2D eigenvalue weighted by molar-refractivity contribution is -0.120. The first-order valence-electron chi connectivity index (χ1n) is 14.0. The van der Waals surface area contributed by atoms with Gasteiger partial charge in [0.1, 0.15) is 28.8 Å². The first-order chi connectivity index (χ1) is 19.9. The third-order valence-corrected chi connectivity index (χ3v) is 8.12. The monoisotopic (exact) mass is 554 g/mol. The van der Waals surface area contributed by atoms with Crippen molar-refractivity contribution in [2.75, 3.05) is 29.3 Å². The highest BCUT2D eigenvalue weighted by atomic mass is 16.5. The van der Waals surface area contributed by atoms with Crippen molar-refractivity contribution in [2.45, 2.75) is 57.5 Å². The predicted molar refractivity (Wildman–Crippen MR) is 158 cm³/mol. The molecule has 11 nitrogen and oxygen atoms in total. The van der Waals surface area contributed by atoms with Gasteiger partial charge in [0, 0.05) is 19.5 Å².